The van der Waals surface area contributed by atoms with Crippen LogP contribution in [0.1, 0.15) is 86.8 Å². The summed E-state index contributed by atoms with van der Waals surface area (Å²) in [4.78, 5) is 20.2. The predicted octanol–water partition coefficient (Wildman–Crippen LogP) is 6.20. The highest BCUT2D eigenvalue weighted by molar-refractivity contribution is 5.95. The van der Waals surface area contributed by atoms with Crippen molar-refractivity contribution in [2.45, 2.75) is 76.0 Å². The molecule has 0 bridgehead atoms. The summed E-state index contributed by atoms with van der Waals surface area (Å²) in [5.41, 5.74) is 4.32. The minimum atomic E-state index is -0.0864. The van der Waals surface area contributed by atoms with Gasteiger partial charge in [0, 0.05) is 49.0 Å². The second-order valence-electron chi connectivity index (χ2n) is 11.0. The average Bonchev–Trinajstić information content (AvgIpc) is 3.92. The lowest BCUT2D eigenvalue weighted by Crippen LogP contribution is -2.40. The molecule has 2 aromatic heterocycles. The highest BCUT2D eigenvalue weighted by atomic mass is 16.5. The van der Waals surface area contributed by atoms with Gasteiger partial charge in [-0.1, -0.05) is 17.6 Å². The first-order valence-corrected chi connectivity index (χ1v) is 14.5. The fourth-order valence-corrected chi connectivity index (χ4v) is 5.37. The van der Waals surface area contributed by atoms with Crippen molar-refractivity contribution in [3.8, 4) is 11.5 Å². The van der Waals surface area contributed by atoms with Gasteiger partial charge in [-0.2, -0.15) is 10.1 Å². The van der Waals surface area contributed by atoms with E-state index < -0.39 is 0 Å². The Balaban J connectivity index is 0.00000151. The normalized spacial score (nSPS) is 18.8. The van der Waals surface area contributed by atoms with Gasteiger partial charge >= 0.3 is 0 Å². The second kappa shape index (κ2) is 12.7. The van der Waals surface area contributed by atoms with E-state index in [0.29, 0.717) is 25.0 Å². The molecular formula is C31H41N5O3. The fourth-order valence-electron chi connectivity index (χ4n) is 5.37. The summed E-state index contributed by atoms with van der Waals surface area (Å²) in [7, 11) is 2.06. The Bertz CT molecular complexity index is 1240. The summed E-state index contributed by atoms with van der Waals surface area (Å²) in [5, 5.41) is 8.88. The third kappa shape index (κ3) is 6.85. The molecule has 0 N–H and O–H groups in total. The number of rotatable bonds is 11. The molecule has 3 fully saturated rings. The van der Waals surface area contributed by atoms with Gasteiger partial charge in [-0.25, -0.2) is 0 Å². The van der Waals surface area contributed by atoms with Gasteiger partial charge < -0.3 is 14.2 Å². The molecule has 8 nitrogen and oxygen atoms in total. The van der Waals surface area contributed by atoms with Crippen molar-refractivity contribution in [2.75, 3.05) is 24.7 Å². The van der Waals surface area contributed by atoms with Gasteiger partial charge in [-0.15, -0.1) is 13.2 Å². The molecule has 3 heterocycles. The van der Waals surface area contributed by atoms with Gasteiger partial charge in [-0.05, 0) is 82.1 Å². The number of benzene rings is 1. The van der Waals surface area contributed by atoms with Gasteiger partial charge in [0.25, 0.3) is 5.89 Å². The third-order valence-electron chi connectivity index (χ3n) is 7.84. The van der Waals surface area contributed by atoms with Crippen molar-refractivity contribution >= 4 is 11.6 Å². The standard InChI is InChI=1S/C29H37N5O3.C2H4/c1-33-26(20-11-12-20)18-24(31-33)9-3-2-4-15-34(29(35)23-8-6-16-36-19-23)25-10-5-7-22(17-25)28-30-27(32-37-28)21-13-14-21;1-2/h5,7,10,17-18,20-21,23H,2-4,6,8-9,11-16,19H2,1H3;1-2H2. The maximum atomic E-state index is 13.6. The molecule has 1 atom stereocenters. The number of nitrogens with zero attached hydrogens (tertiary/aromatic N) is 5. The van der Waals surface area contributed by atoms with Crippen LogP contribution >= 0.6 is 0 Å². The molecule has 0 radical (unpaired) electrons. The number of unbranched alkanes of at least 4 members (excludes halogenated alkanes) is 2. The topological polar surface area (TPSA) is 86.3 Å². The zero-order valence-corrected chi connectivity index (χ0v) is 23.2. The third-order valence-corrected chi connectivity index (χ3v) is 7.84. The minimum Gasteiger partial charge on any atom is -0.381 e. The molecular weight excluding hydrogens is 490 g/mol. The van der Waals surface area contributed by atoms with E-state index in [1.54, 1.807) is 0 Å². The molecule has 1 saturated heterocycles. The van der Waals surface area contributed by atoms with E-state index in [4.69, 9.17) is 14.4 Å². The summed E-state index contributed by atoms with van der Waals surface area (Å²) in [5.74, 6) is 2.55. The van der Waals surface area contributed by atoms with E-state index in [0.717, 1.165) is 81.0 Å². The minimum absolute atomic E-state index is 0.0864. The first-order chi connectivity index (χ1) is 19.2. The Morgan fingerprint density at radius 3 is 2.64 bits per heavy atom. The van der Waals surface area contributed by atoms with Crippen molar-refractivity contribution < 1.29 is 14.1 Å². The smallest absolute Gasteiger partial charge is 0.258 e. The second-order valence-corrected chi connectivity index (χ2v) is 11.0. The molecule has 208 valence electrons. The summed E-state index contributed by atoms with van der Waals surface area (Å²) >= 11 is 0. The zero-order valence-electron chi connectivity index (χ0n) is 23.2. The first-order valence-electron chi connectivity index (χ1n) is 14.5. The number of ether oxygens (including phenoxy) is 1. The van der Waals surface area contributed by atoms with Crippen LogP contribution in [-0.2, 0) is 23.0 Å². The number of amides is 1. The molecule has 8 heteroatoms. The molecule has 3 aromatic rings. The Morgan fingerprint density at radius 1 is 1.08 bits per heavy atom. The number of carbonyl (C=O) groups excluding carboxylic acids is 1. The quantitative estimate of drug-likeness (QED) is 0.216. The van der Waals surface area contributed by atoms with Crippen LogP contribution in [0.2, 0.25) is 0 Å². The molecule has 1 amide bonds. The Kier molecular flexibility index (Phi) is 8.91. The number of anilines is 1. The van der Waals surface area contributed by atoms with Crippen LogP contribution in [0.5, 0.6) is 0 Å². The van der Waals surface area contributed by atoms with Gasteiger partial charge in [0.05, 0.1) is 18.2 Å². The lowest BCUT2D eigenvalue weighted by molar-refractivity contribution is -0.126. The van der Waals surface area contributed by atoms with Gasteiger partial charge in [0.2, 0.25) is 5.91 Å². The maximum absolute atomic E-state index is 13.6. The van der Waals surface area contributed by atoms with Crippen LogP contribution in [0.15, 0.2) is 48.0 Å². The zero-order chi connectivity index (χ0) is 27.2. The largest absolute Gasteiger partial charge is 0.381 e. The van der Waals surface area contributed by atoms with Crippen molar-refractivity contribution in [1.82, 2.24) is 19.9 Å². The van der Waals surface area contributed by atoms with Gasteiger partial charge in [0.1, 0.15) is 0 Å². The van der Waals surface area contributed by atoms with Crippen LogP contribution in [-0.4, -0.2) is 45.6 Å². The van der Waals surface area contributed by atoms with Crippen molar-refractivity contribution in [2.24, 2.45) is 13.0 Å². The summed E-state index contributed by atoms with van der Waals surface area (Å²) in [6.45, 7) is 7.94. The fraction of sp³-hybridized carbons (Fsp3) is 0.548. The van der Waals surface area contributed by atoms with Crippen LogP contribution in [0, 0.1) is 5.92 Å². The molecule has 39 heavy (non-hydrogen) atoms. The Hall–Kier alpha value is -3.26. The lowest BCUT2D eigenvalue weighted by Gasteiger charge is -2.29. The van der Waals surface area contributed by atoms with Crippen LogP contribution in [0.3, 0.4) is 0 Å². The van der Waals surface area contributed by atoms with Gasteiger partial charge in [0.15, 0.2) is 5.82 Å². The lowest BCUT2D eigenvalue weighted by atomic mass is 9.99. The number of hydrogen-bond donors (Lipinski definition) is 0. The SMILES string of the molecule is C=C.Cn1nc(CCCCCN(C(=O)C2CCCOC2)c2cccc(-c3nc(C4CC4)no3)c2)cc1C1CC1. The van der Waals surface area contributed by atoms with E-state index in [1.165, 1.54) is 24.2 Å². The van der Waals surface area contributed by atoms with E-state index >= 15 is 0 Å². The highest BCUT2D eigenvalue weighted by Gasteiger charge is 2.30. The average molecular weight is 532 g/mol. The van der Waals surface area contributed by atoms with Crippen molar-refractivity contribution in [1.29, 1.82) is 0 Å². The molecule has 1 aliphatic heterocycles. The summed E-state index contributed by atoms with van der Waals surface area (Å²) < 4.78 is 13.3. The number of carbonyl (C=O) groups is 1. The highest BCUT2D eigenvalue weighted by Crippen LogP contribution is 2.40. The van der Waals surface area contributed by atoms with E-state index in [1.807, 2.05) is 29.2 Å². The molecule has 2 aliphatic carbocycles. The monoisotopic (exact) mass is 531 g/mol. The Labute approximate surface area is 231 Å². The van der Waals surface area contributed by atoms with Crippen LogP contribution < -0.4 is 4.90 Å². The number of hydrogen-bond acceptors (Lipinski definition) is 6. The number of aryl methyl sites for hydroxylation is 2. The molecule has 1 unspecified atom stereocenters. The Morgan fingerprint density at radius 2 is 1.90 bits per heavy atom. The molecule has 6 rings (SSSR count). The predicted molar refractivity (Wildman–Crippen MR) is 152 cm³/mol. The van der Waals surface area contributed by atoms with E-state index in [9.17, 15) is 4.79 Å². The first kappa shape index (κ1) is 27.3. The maximum Gasteiger partial charge on any atom is 0.258 e. The van der Waals surface area contributed by atoms with E-state index in [2.05, 4.69) is 41.1 Å². The summed E-state index contributed by atoms with van der Waals surface area (Å²) in [6, 6.07) is 10.3. The summed E-state index contributed by atoms with van der Waals surface area (Å²) in [6.07, 6.45) is 10.7. The molecule has 2 saturated carbocycles. The number of aromatic nitrogens is 4. The molecule has 1 aromatic carbocycles. The van der Waals surface area contributed by atoms with Crippen molar-refractivity contribution in [3.05, 3.63) is 60.7 Å². The van der Waals surface area contributed by atoms with Crippen LogP contribution in [0.4, 0.5) is 5.69 Å². The van der Waals surface area contributed by atoms with Gasteiger partial charge in [-0.3, -0.25) is 9.48 Å². The molecule has 3 aliphatic rings. The molecule has 0 spiro atoms. The van der Waals surface area contributed by atoms with Crippen molar-refractivity contribution in [3.63, 3.8) is 0 Å². The van der Waals surface area contributed by atoms with E-state index in [-0.39, 0.29) is 11.8 Å². The van der Waals surface area contributed by atoms with Crippen LogP contribution in [0.25, 0.3) is 11.5 Å².